The molecule has 1 aromatic heterocycles. The molecule has 0 unspecified atom stereocenters. The predicted octanol–water partition coefficient (Wildman–Crippen LogP) is 2.68. The number of benzene rings is 1. The molecular weight excluding hydrogens is 370 g/mol. The summed E-state index contributed by atoms with van der Waals surface area (Å²) in [5.41, 5.74) is 1.33. The summed E-state index contributed by atoms with van der Waals surface area (Å²) >= 11 is 6.17. The van der Waals surface area contributed by atoms with Gasteiger partial charge < -0.3 is 14.7 Å². The van der Waals surface area contributed by atoms with Gasteiger partial charge in [-0.15, -0.1) is 0 Å². The molecule has 27 heavy (non-hydrogen) atoms. The van der Waals surface area contributed by atoms with Gasteiger partial charge in [0.15, 0.2) is 0 Å². The van der Waals surface area contributed by atoms with Crippen molar-refractivity contribution >= 4 is 23.5 Å². The number of aromatic nitrogens is 2. The zero-order valence-corrected chi connectivity index (χ0v) is 15.6. The highest BCUT2D eigenvalue weighted by molar-refractivity contribution is 6.31. The topological polar surface area (TPSA) is 84.7 Å². The van der Waals surface area contributed by atoms with Crippen LogP contribution < -0.4 is 0 Å². The molecular formula is C19H22ClN3O4. The van der Waals surface area contributed by atoms with Crippen LogP contribution in [0, 0.1) is 0 Å². The lowest BCUT2D eigenvalue weighted by molar-refractivity contribution is -0.137. The molecule has 0 saturated carbocycles. The van der Waals surface area contributed by atoms with Gasteiger partial charge >= 0.3 is 5.97 Å². The van der Waals surface area contributed by atoms with Crippen molar-refractivity contribution < 1.29 is 19.4 Å². The lowest BCUT2D eigenvalue weighted by atomic mass is 10.2. The minimum absolute atomic E-state index is 0.0408. The van der Waals surface area contributed by atoms with Crippen molar-refractivity contribution in [3.8, 4) is 0 Å². The van der Waals surface area contributed by atoms with Crippen molar-refractivity contribution in [1.82, 2.24) is 14.7 Å². The summed E-state index contributed by atoms with van der Waals surface area (Å²) in [5.74, 6) is -1.17. The van der Waals surface area contributed by atoms with E-state index in [1.54, 1.807) is 15.8 Å². The van der Waals surface area contributed by atoms with E-state index in [1.165, 1.54) is 6.20 Å². The molecule has 1 atom stereocenters. The molecule has 0 aliphatic carbocycles. The van der Waals surface area contributed by atoms with Gasteiger partial charge in [0.25, 0.3) is 5.91 Å². The Balaban J connectivity index is 1.70. The number of aliphatic carboxylic acids is 1. The van der Waals surface area contributed by atoms with Crippen molar-refractivity contribution in [3.63, 3.8) is 0 Å². The fraction of sp³-hybridized carbons (Fsp3) is 0.421. The molecule has 0 bridgehead atoms. The minimum Gasteiger partial charge on any atom is -0.481 e. The maximum absolute atomic E-state index is 12.9. The fourth-order valence-electron chi connectivity index (χ4n) is 3.08. The zero-order chi connectivity index (χ0) is 19.2. The molecule has 3 rings (SSSR count). The normalized spacial score (nSPS) is 16.4. The molecule has 2 aromatic rings. The second kappa shape index (κ2) is 9.01. The lowest BCUT2D eigenvalue weighted by Crippen LogP contribution is -2.38. The smallest absolute Gasteiger partial charge is 0.305 e. The molecule has 1 saturated heterocycles. The van der Waals surface area contributed by atoms with Crippen molar-refractivity contribution in [2.75, 3.05) is 19.7 Å². The van der Waals surface area contributed by atoms with Crippen LogP contribution in [0.4, 0.5) is 0 Å². The quantitative estimate of drug-likeness (QED) is 0.747. The average molecular weight is 392 g/mol. The minimum atomic E-state index is -0.936. The van der Waals surface area contributed by atoms with E-state index >= 15 is 0 Å². The van der Waals surface area contributed by atoms with Crippen LogP contribution in [0.1, 0.15) is 35.2 Å². The highest BCUT2D eigenvalue weighted by Crippen LogP contribution is 2.18. The number of hydrogen-bond acceptors (Lipinski definition) is 4. The van der Waals surface area contributed by atoms with Crippen LogP contribution in [0.15, 0.2) is 36.7 Å². The number of rotatable bonds is 8. The third-order valence-corrected chi connectivity index (χ3v) is 4.87. The summed E-state index contributed by atoms with van der Waals surface area (Å²) in [6.07, 6.45) is 4.86. The molecule has 7 nitrogen and oxygen atoms in total. The molecule has 0 spiro atoms. The number of amides is 1. The van der Waals surface area contributed by atoms with Gasteiger partial charge in [0.1, 0.15) is 0 Å². The number of carbonyl (C=O) groups excluding carboxylic acids is 1. The van der Waals surface area contributed by atoms with Crippen LogP contribution in [0.2, 0.25) is 5.02 Å². The number of nitrogens with zero attached hydrogens (tertiary/aromatic N) is 3. The van der Waals surface area contributed by atoms with Crippen molar-refractivity contribution in [2.24, 2.45) is 0 Å². The van der Waals surface area contributed by atoms with Crippen molar-refractivity contribution in [2.45, 2.75) is 31.9 Å². The Labute approximate surface area is 162 Å². The maximum Gasteiger partial charge on any atom is 0.305 e. The lowest BCUT2D eigenvalue weighted by Gasteiger charge is -2.24. The van der Waals surface area contributed by atoms with E-state index in [9.17, 15) is 9.59 Å². The van der Waals surface area contributed by atoms with Gasteiger partial charge in [-0.3, -0.25) is 14.3 Å². The van der Waals surface area contributed by atoms with Gasteiger partial charge in [0.05, 0.1) is 30.8 Å². The summed E-state index contributed by atoms with van der Waals surface area (Å²) in [6.45, 7) is 1.67. The molecule has 0 radical (unpaired) electrons. The SMILES string of the molecule is O=C(O)CCN(C[C@@H]1CCCO1)C(=O)c1cnn(Cc2ccccc2Cl)c1. The van der Waals surface area contributed by atoms with E-state index in [0.29, 0.717) is 30.3 Å². The first kappa shape index (κ1) is 19.4. The van der Waals surface area contributed by atoms with E-state index in [1.807, 2.05) is 24.3 Å². The number of carboxylic acids is 1. The van der Waals surface area contributed by atoms with Gasteiger partial charge in [-0.1, -0.05) is 29.8 Å². The summed E-state index contributed by atoms with van der Waals surface area (Å²) in [6, 6.07) is 7.46. The first-order valence-corrected chi connectivity index (χ1v) is 9.29. The molecule has 1 aliphatic rings. The fourth-order valence-corrected chi connectivity index (χ4v) is 3.28. The Morgan fingerprint density at radius 2 is 2.19 bits per heavy atom. The van der Waals surface area contributed by atoms with E-state index < -0.39 is 5.97 Å². The van der Waals surface area contributed by atoms with Gasteiger partial charge in [-0.2, -0.15) is 5.10 Å². The third-order valence-electron chi connectivity index (χ3n) is 4.50. The van der Waals surface area contributed by atoms with E-state index in [-0.39, 0.29) is 25.0 Å². The van der Waals surface area contributed by atoms with Crippen LogP contribution in [0.3, 0.4) is 0 Å². The van der Waals surface area contributed by atoms with Gasteiger partial charge in [0, 0.05) is 30.9 Å². The summed E-state index contributed by atoms with van der Waals surface area (Å²) < 4.78 is 7.25. The van der Waals surface area contributed by atoms with E-state index in [4.69, 9.17) is 21.4 Å². The summed E-state index contributed by atoms with van der Waals surface area (Å²) in [5, 5.41) is 13.9. The average Bonchev–Trinajstić information content (AvgIpc) is 3.32. The largest absolute Gasteiger partial charge is 0.481 e. The highest BCUT2D eigenvalue weighted by atomic mass is 35.5. The van der Waals surface area contributed by atoms with Crippen LogP contribution in [0.5, 0.6) is 0 Å². The molecule has 1 fully saturated rings. The number of ether oxygens (including phenoxy) is 1. The second-order valence-corrected chi connectivity index (χ2v) is 6.96. The first-order chi connectivity index (χ1) is 13.0. The first-order valence-electron chi connectivity index (χ1n) is 8.91. The molecule has 2 heterocycles. The van der Waals surface area contributed by atoms with Gasteiger partial charge in [-0.25, -0.2) is 0 Å². The van der Waals surface area contributed by atoms with Gasteiger partial charge in [0.2, 0.25) is 0 Å². The Kier molecular flexibility index (Phi) is 6.47. The van der Waals surface area contributed by atoms with Crippen molar-refractivity contribution in [1.29, 1.82) is 0 Å². The Bertz CT molecular complexity index is 802. The Hall–Kier alpha value is -2.38. The molecule has 8 heteroatoms. The van der Waals surface area contributed by atoms with Crippen LogP contribution in [0.25, 0.3) is 0 Å². The molecule has 144 valence electrons. The predicted molar refractivity (Wildman–Crippen MR) is 99.9 cm³/mol. The van der Waals surface area contributed by atoms with Crippen molar-refractivity contribution in [3.05, 3.63) is 52.8 Å². The zero-order valence-electron chi connectivity index (χ0n) is 14.9. The Morgan fingerprint density at radius 1 is 1.37 bits per heavy atom. The van der Waals surface area contributed by atoms with Gasteiger partial charge in [-0.05, 0) is 24.5 Å². The number of carbonyl (C=O) groups is 2. The highest BCUT2D eigenvalue weighted by Gasteiger charge is 2.24. The number of halogens is 1. The van der Waals surface area contributed by atoms with Crippen LogP contribution in [-0.4, -0.2) is 57.5 Å². The summed E-state index contributed by atoms with van der Waals surface area (Å²) in [4.78, 5) is 25.4. The van der Waals surface area contributed by atoms with Crippen LogP contribution in [-0.2, 0) is 16.1 Å². The maximum atomic E-state index is 12.9. The molecule has 1 N–H and O–H groups in total. The monoisotopic (exact) mass is 391 g/mol. The molecule has 1 aliphatic heterocycles. The standard InChI is InChI=1S/C19H22ClN3O4/c20-17-6-2-1-4-14(17)11-23-12-15(10-21-23)19(26)22(8-7-18(24)25)13-16-5-3-9-27-16/h1-2,4,6,10,12,16H,3,5,7-9,11,13H2,(H,24,25)/t16-/m0/s1. The molecule has 1 amide bonds. The third kappa shape index (κ3) is 5.30. The number of carboxylic acid groups (broad SMARTS) is 1. The Morgan fingerprint density at radius 3 is 2.89 bits per heavy atom. The van der Waals surface area contributed by atoms with Crippen LogP contribution >= 0.6 is 11.6 Å². The summed E-state index contributed by atoms with van der Waals surface area (Å²) in [7, 11) is 0. The number of hydrogen-bond donors (Lipinski definition) is 1. The van der Waals surface area contributed by atoms with E-state index in [0.717, 1.165) is 18.4 Å². The second-order valence-electron chi connectivity index (χ2n) is 6.55. The van der Waals surface area contributed by atoms with E-state index in [2.05, 4.69) is 5.10 Å². The molecule has 1 aromatic carbocycles.